The molecule has 0 saturated carbocycles. The molecular weight excluding hydrogens is 148 g/mol. The van der Waals surface area contributed by atoms with Crippen LogP contribution in [0.4, 0.5) is 0 Å². The number of hydrogen-bond acceptors (Lipinski definition) is 0. The van der Waals surface area contributed by atoms with Gasteiger partial charge in [-0.25, -0.2) is 9.55 Å². The predicted octanol–water partition coefficient (Wildman–Crippen LogP) is 1.22. The smallest absolute Gasteiger partial charge is 0.235 e. The maximum atomic E-state index is 5.69. The minimum Gasteiger partial charge on any atom is -0.235 e. The first-order valence-corrected chi connectivity index (χ1v) is 3.45. The fourth-order valence-electron chi connectivity index (χ4n) is 0.838. The highest BCUT2D eigenvalue weighted by Crippen LogP contribution is 2.01. The molecule has 1 rings (SSSR count). The predicted molar refractivity (Wildman–Crippen MR) is 40.9 cm³/mol. The Morgan fingerprint density at radius 1 is 1.90 bits per heavy atom. The Morgan fingerprint density at radius 2 is 2.60 bits per heavy atom. The summed E-state index contributed by atoms with van der Waals surface area (Å²) in [5.74, 6) is 1.07. The third kappa shape index (κ3) is 1.39. The molecule has 0 aliphatic heterocycles. The van der Waals surface area contributed by atoms with E-state index in [0.717, 1.165) is 12.2 Å². The molecule has 2 nitrogen and oxygen atoms in total. The van der Waals surface area contributed by atoms with Crippen molar-refractivity contribution in [1.82, 2.24) is 4.98 Å². The Morgan fingerprint density at radius 3 is 3.00 bits per heavy atom. The molecule has 0 bridgehead atoms. The molecule has 54 valence electrons. The number of aryl methyl sites for hydroxylation is 1. The molecule has 1 heterocycles. The lowest BCUT2D eigenvalue weighted by Gasteiger charge is -1.85. The molecule has 0 aromatic carbocycles. The second-order valence-electron chi connectivity index (χ2n) is 2.15. The van der Waals surface area contributed by atoms with Crippen LogP contribution in [0.5, 0.6) is 0 Å². The first kappa shape index (κ1) is 7.35. The van der Waals surface area contributed by atoms with E-state index in [9.17, 15) is 0 Å². The molecule has 1 aromatic heterocycles. The van der Waals surface area contributed by atoms with Gasteiger partial charge in [-0.1, -0.05) is 6.08 Å². The van der Waals surface area contributed by atoms with Gasteiger partial charge in [0.25, 0.3) is 5.82 Å². The van der Waals surface area contributed by atoms with E-state index in [1.165, 1.54) is 0 Å². The van der Waals surface area contributed by atoms with Crippen LogP contribution < -0.4 is 4.57 Å². The normalized spacial score (nSPS) is 9.80. The van der Waals surface area contributed by atoms with Gasteiger partial charge in [-0.2, -0.15) is 0 Å². The van der Waals surface area contributed by atoms with Crippen molar-refractivity contribution in [1.29, 1.82) is 0 Å². The number of aromatic amines is 1. The maximum Gasteiger partial charge on any atom is 0.259 e. The van der Waals surface area contributed by atoms with Crippen LogP contribution in [-0.4, -0.2) is 4.98 Å². The maximum absolute atomic E-state index is 5.69. The molecule has 0 fully saturated rings. The Bertz CT molecular complexity index is 240. The van der Waals surface area contributed by atoms with Crippen LogP contribution >= 0.6 is 11.6 Å². The third-order valence-electron chi connectivity index (χ3n) is 1.33. The molecule has 0 spiro atoms. The van der Waals surface area contributed by atoms with Crippen LogP contribution in [0.3, 0.4) is 0 Å². The quantitative estimate of drug-likeness (QED) is 0.492. The van der Waals surface area contributed by atoms with E-state index in [2.05, 4.69) is 11.6 Å². The van der Waals surface area contributed by atoms with Gasteiger partial charge in [-0.15, -0.1) is 6.58 Å². The number of nitrogens with one attached hydrogen (secondary N) is 1. The Hall–Kier alpha value is -0.760. The van der Waals surface area contributed by atoms with Crippen molar-refractivity contribution < 1.29 is 4.57 Å². The minimum absolute atomic E-state index is 0.666. The van der Waals surface area contributed by atoms with Gasteiger partial charge in [0.15, 0.2) is 0 Å². The molecule has 0 aliphatic carbocycles. The standard InChI is InChI=1S/C7H9ClN2/c1-3-4-7-9-6(8)5-10(7)2/h3,5H,1,4H2,2H3/p+1. The van der Waals surface area contributed by atoms with Gasteiger partial charge in [0.1, 0.15) is 6.20 Å². The van der Waals surface area contributed by atoms with Crippen molar-refractivity contribution in [2.24, 2.45) is 7.05 Å². The first-order valence-electron chi connectivity index (χ1n) is 3.08. The lowest BCUT2D eigenvalue weighted by Crippen LogP contribution is -2.29. The van der Waals surface area contributed by atoms with E-state index >= 15 is 0 Å². The molecular formula is C7H10ClN2+. The van der Waals surface area contributed by atoms with Crippen LogP contribution in [-0.2, 0) is 13.5 Å². The van der Waals surface area contributed by atoms with Gasteiger partial charge in [-0.3, -0.25) is 0 Å². The van der Waals surface area contributed by atoms with Crippen molar-refractivity contribution in [2.75, 3.05) is 0 Å². The largest absolute Gasteiger partial charge is 0.259 e. The zero-order chi connectivity index (χ0) is 7.56. The minimum atomic E-state index is 0.666. The SMILES string of the molecule is C=CCc1[nH]c(Cl)c[n+]1C. The molecule has 0 amide bonds. The number of imidazole rings is 1. The highest BCUT2D eigenvalue weighted by molar-refractivity contribution is 6.29. The summed E-state index contributed by atoms with van der Waals surface area (Å²) in [5, 5.41) is 0.666. The molecule has 0 aliphatic rings. The zero-order valence-corrected chi connectivity index (χ0v) is 6.65. The van der Waals surface area contributed by atoms with E-state index in [-0.39, 0.29) is 0 Å². The number of allylic oxidation sites excluding steroid dienone is 1. The molecule has 0 radical (unpaired) electrons. The van der Waals surface area contributed by atoms with Gasteiger partial charge in [-0.05, 0) is 11.6 Å². The number of hydrogen-bond donors (Lipinski definition) is 1. The Labute approximate surface area is 65.1 Å². The lowest BCUT2D eigenvalue weighted by atomic mass is 10.4. The third-order valence-corrected chi connectivity index (χ3v) is 1.53. The second kappa shape index (κ2) is 2.88. The van der Waals surface area contributed by atoms with E-state index < -0.39 is 0 Å². The van der Waals surface area contributed by atoms with E-state index in [1.54, 1.807) is 0 Å². The molecule has 1 aromatic rings. The monoisotopic (exact) mass is 157 g/mol. The number of halogens is 1. The average Bonchev–Trinajstić information content (AvgIpc) is 2.13. The molecule has 0 unspecified atom stereocenters. The summed E-state index contributed by atoms with van der Waals surface area (Å²) in [6, 6.07) is 0. The van der Waals surface area contributed by atoms with Crippen molar-refractivity contribution in [2.45, 2.75) is 6.42 Å². The van der Waals surface area contributed by atoms with Gasteiger partial charge in [0.2, 0.25) is 5.15 Å². The summed E-state index contributed by atoms with van der Waals surface area (Å²) < 4.78 is 1.95. The van der Waals surface area contributed by atoms with Crippen LogP contribution in [0.2, 0.25) is 5.15 Å². The Kier molecular flexibility index (Phi) is 2.12. The molecule has 10 heavy (non-hydrogen) atoms. The molecule has 0 saturated heterocycles. The average molecular weight is 158 g/mol. The van der Waals surface area contributed by atoms with Gasteiger partial charge in [0, 0.05) is 0 Å². The van der Waals surface area contributed by atoms with E-state index in [0.29, 0.717) is 5.15 Å². The molecule has 0 atom stereocenters. The van der Waals surface area contributed by atoms with Crippen molar-refractivity contribution in [3.8, 4) is 0 Å². The molecule has 3 heteroatoms. The summed E-state index contributed by atoms with van der Waals surface area (Å²) in [4.78, 5) is 3.00. The molecule has 1 N–H and O–H groups in total. The number of rotatable bonds is 2. The second-order valence-corrected chi connectivity index (χ2v) is 2.56. The number of nitrogens with zero attached hydrogens (tertiary/aromatic N) is 1. The fourth-order valence-corrected chi connectivity index (χ4v) is 1.09. The van der Waals surface area contributed by atoms with Crippen LogP contribution in [0.1, 0.15) is 5.82 Å². The summed E-state index contributed by atoms with van der Waals surface area (Å²) in [5.41, 5.74) is 0. The number of aromatic nitrogens is 2. The topological polar surface area (TPSA) is 19.7 Å². The van der Waals surface area contributed by atoms with Crippen molar-refractivity contribution in [3.05, 3.63) is 29.8 Å². The highest BCUT2D eigenvalue weighted by atomic mass is 35.5. The van der Waals surface area contributed by atoms with Crippen LogP contribution in [0.25, 0.3) is 0 Å². The van der Waals surface area contributed by atoms with Crippen molar-refractivity contribution >= 4 is 11.6 Å². The van der Waals surface area contributed by atoms with E-state index in [1.807, 2.05) is 23.9 Å². The highest BCUT2D eigenvalue weighted by Gasteiger charge is 2.07. The summed E-state index contributed by atoms with van der Waals surface area (Å²) in [6.07, 6.45) is 4.49. The van der Waals surface area contributed by atoms with Crippen molar-refractivity contribution in [3.63, 3.8) is 0 Å². The van der Waals surface area contributed by atoms with Gasteiger partial charge in [0.05, 0.1) is 13.5 Å². The van der Waals surface area contributed by atoms with Gasteiger partial charge < -0.3 is 0 Å². The lowest BCUT2D eigenvalue weighted by molar-refractivity contribution is -0.677. The summed E-state index contributed by atoms with van der Waals surface area (Å²) >= 11 is 5.69. The van der Waals surface area contributed by atoms with E-state index in [4.69, 9.17) is 11.6 Å². The zero-order valence-electron chi connectivity index (χ0n) is 5.89. The Balaban J connectivity index is 2.91. The fraction of sp³-hybridized carbons (Fsp3) is 0.286. The first-order chi connectivity index (χ1) is 4.74. The summed E-state index contributed by atoms with van der Waals surface area (Å²) in [7, 11) is 1.95. The summed E-state index contributed by atoms with van der Waals surface area (Å²) in [6.45, 7) is 3.63. The van der Waals surface area contributed by atoms with Gasteiger partial charge >= 0.3 is 0 Å². The van der Waals surface area contributed by atoms with Crippen LogP contribution in [0.15, 0.2) is 18.9 Å². The van der Waals surface area contributed by atoms with Crippen LogP contribution in [0, 0.1) is 0 Å². The number of H-pyrrole nitrogens is 1.